The smallest absolute Gasteiger partial charge is 0.156 e. The molecule has 3 nitrogen and oxygen atoms in total. The fraction of sp³-hybridized carbons (Fsp3) is 0.769. The maximum Gasteiger partial charge on any atom is 0.156 e. The molecule has 3 rings (SSSR count). The van der Waals surface area contributed by atoms with Crippen LogP contribution in [0.4, 0.5) is 4.39 Å². The Morgan fingerprint density at radius 1 is 1.50 bits per heavy atom. The highest BCUT2D eigenvalue weighted by atomic mass is 35.5. The summed E-state index contributed by atoms with van der Waals surface area (Å²) in [4.78, 5) is 0. The second-order valence-corrected chi connectivity index (χ2v) is 5.98. The Balaban J connectivity index is 1.95. The van der Waals surface area contributed by atoms with E-state index in [0.717, 1.165) is 25.8 Å². The summed E-state index contributed by atoms with van der Waals surface area (Å²) in [5.74, 6) is 0. The summed E-state index contributed by atoms with van der Waals surface area (Å²) >= 11 is 6.18. The van der Waals surface area contributed by atoms with Crippen molar-refractivity contribution in [2.75, 3.05) is 0 Å². The maximum absolute atomic E-state index is 15.3. The van der Waals surface area contributed by atoms with E-state index in [-0.39, 0.29) is 0 Å². The molecule has 0 radical (unpaired) electrons. The number of piperidine rings is 1. The van der Waals surface area contributed by atoms with Crippen LogP contribution in [-0.4, -0.2) is 21.9 Å². The molecule has 1 N–H and O–H groups in total. The van der Waals surface area contributed by atoms with E-state index in [4.69, 9.17) is 11.6 Å². The van der Waals surface area contributed by atoms with Crippen LogP contribution >= 0.6 is 11.6 Å². The lowest BCUT2D eigenvalue weighted by Gasteiger charge is -2.35. The maximum atomic E-state index is 15.3. The standard InChI is InChI=1S/C13H19ClFN3/c1-2-5-18-12(11(14)8-16-18)13(15)6-9-3-4-10(7-13)17-9/h8-10,17H,2-7H2,1H3. The minimum absolute atomic E-state index is 0.301. The molecule has 2 fully saturated rings. The summed E-state index contributed by atoms with van der Waals surface area (Å²) in [6, 6.07) is 0.601. The highest BCUT2D eigenvalue weighted by Crippen LogP contribution is 2.45. The average Bonchev–Trinajstić information content (AvgIpc) is 2.84. The van der Waals surface area contributed by atoms with Gasteiger partial charge in [-0.15, -0.1) is 0 Å². The van der Waals surface area contributed by atoms with Gasteiger partial charge in [-0.3, -0.25) is 4.68 Å². The van der Waals surface area contributed by atoms with Crippen molar-refractivity contribution in [1.82, 2.24) is 15.1 Å². The molecule has 2 aliphatic heterocycles. The number of aryl methyl sites for hydroxylation is 1. The van der Waals surface area contributed by atoms with Gasteiger partial charge < -0.3 is 5.32 Å². The van der Waals surface area contributed by atoms with Crippen LogP contribution in [0.15, 0.2) is 6.20 Å². The highest BCUT2D eigenvalue weighted by Gasteiger charge is 2.47. The topological polar surface area (TPSA) is 29.9 Å². The van der Waals surface area contributed by atoms with Crippen molar-refractivity contribution in [2.24, 2.45) is 0 Å². The van der Waals surface area contributed by atoms with Crippen molar-refractivity contribution in [2.45, 2.75) is 63.3 Å². The first-order valence-electron chi connectivity index (χ1n) is 6.79. The van der Waals surface area contributed by atoms with Crippen LogP contribution in [0.5, 0.6) is 0 Å². The van der Waals surface area contributed by atoms with Gasteiger partial charge in [0.1, 0.15) is 0 Å². The Kier molecular flexibility index (Phi) is 3.10. The zero-order chi connectivity index (χ0) is 12.8. The number of hydrogen-bond acceptors (Lipinski definition) is 2. The largest absolute Gasteiger partial charge is 0.311 e. The van der Waals surface area contributed by atoms with Gasteiger partial charge in [0.15, 0.2) is 5.67 Å². The quantitative estimate of drug-likeness (QED) is 0.916. The van der Waals surface area contributed by atoms with Gasteiger partial charge in [0.25, 0.3) is 0 Å². The number of nitrogens with zero attached hydrogens (tertiary/aromatic N) is 2. The highest BCUT2D eigenvalue weighted by molar-refractivity contribution is 6.31. The number of nitrogens with one attached hydrogen (secondary N) is 1. The summed E-state index contributed by atoms with van der Waals surface area (Å²) < 4.78 is 17.1. The predicted octanol–water partition coefficient (Wildman–Crippen LogP) is 3.03. The van der Waals surface area contributed by atoms with Crippen LogP contribution in [0.3, 0.4) is 0 Å². The fourth-order valence-corrected chi connectivity index (χ4v) is 3.78. The Bertz CT molecular complexity index is 433. The molecule has 18 heavy (non-hydrogen) atoms. The third-order valence-electron chi connectivity index (χ3n) is 4.13. The number of fused-ring (bicyclic) bond motifs is 2. The molecule has 2 atom stereocenters. The van der Waals surface area contributed by atoms with E-state index >= 15 is 4.39 Å². The number of hydrogen-bond donors (Lipinski definition) is 1. The first kappa shape index (κ1) is 12.4. The van der Waals surface area contributed by atoms with Crippen LogP contribution in [0.25, 0.3) is 0 Å². The van der Waals surface area contributed by atoms with E-state index < -0.39 is 5.67 Å². The first-order valence-corrected chi connectivity index (χ1v) is 7.17. The van der Waals surface area contributed by atoms with Crippen LogP contribution in [0.1, 0.15) is 44.7 Å². The lowest BCUT2D eigenvalue weighted by Crippen LogP contribution is -2.45. The van der Waals surface area contributed by atoms with Crippen LogP contribution in [-0.2, 0) is 12.2 Å². The van der Waals surface area contributed by atoms with E-state index in [0.29, 0.717) is 35.6 Å². The van der Waals surface area contributed by atoms with Gasteiger partial charge in [-0.1, -0.05) is 18.5 Å². The van der Waals surface area contributed by atoms with Crippen molar-refractivity contribution >= 4 is 11.6 Å². The van der Waals surface area contributed by atoms with Crippen molar-refractivity contribution in [1.29, 1.82) is 0 Å². The molecule has 0 aliphatic carbocycles. The molecular formula is C13H19ClFN3. The molecule has 100 valence electrons. The molecule has 2 bridgehead atoms. The van der Waals surface area contributed by atoms with Gasteiger partial charge >= 0.3 is 0 Å². The molecule has 0 spiro atoms. The summed E-state index contributed by atoms with van der Waals surface area (Å²) in [5.41, 5.74) is -0.704. The summed E-state index contributed by atoms with van der Waals surface area (Å²) in [5, 5.41) is 8.17. The molecule has 5 heteroatoms. The second-order valence-electron chi connectivity index (χ2n) is 5.58. The van der Waals surface area contributed by atoms with Crippen LogP contribution in [0, 0.1) is 0 Å². The van der Waals surface area contributed by atoms with Crippen molar-refractivity contribution in [3.8, 4) is 0 Å². The third kappa shape index (κ3) is 1.95. The van der Waals surface area contributed by atoms with Crippen molar-refractivity contribution in [3.63, 3.8) is 0 Å². The van der Waals surface area contributed by atoms with Gasteiger partial charge in [-0.05, 0) is 19.3 Å². The van der Waals surface area contributed by atoms with Crippen LogP contribution in [0.2, 0.25) is 5.02 Å². The first-order chi connectivity index (χ1) is 8.62. The third-order valence-corrected chi connectivity index (χ3v) is 4.41. The van der Waals surface area contributed by atoms with Crippen molar-refractivity contribution in [3.05, 3.63) is 16.9 Å². The zero-order valence-corrected chi connectivity index (χ0v) is 11.4. The Labute approximate surface area is 112 Å². The van der Waals surface area contributed by atoms with E-state index in [2.05, 4.69) is 17.3 Å². The number of aromatic nitrogens is 2. The van der Waals surface area contributed by atoms with Gasteiger partial charge in [-0.2, -0.15) is 5.10 Å². The lowest BCUT2D eigenvalue weighted by molar-refractivity contribution is 0.0770. The number of halogens is 2. The fourth-order valence-electron chi connectivity index (χ4n) is 3.47. The Morgan fingerprint density at radius 2 is 2.17 bits per heavy atom. The summed E-state index contributed by atoms with van der Waals surface area (Å²) in [6.07, 6.45) is 5.73. The molecule has 0 amide bonds. The molecule has 2 aliphatic rings. The van der Waals surface area contributed by atoms with E-state index in [1.807, 2.05) is 0 Å². The minimum Gasteiger partial charge on any atom is -0.311 e. The molecule has 2 saturated heterocycles. The van der Waals surface area contributed by atoms with E-state index in [1.54, 1.807) is 10.9 Å². The summed E-state index contributed by atoms with van der Waals surface area (Å²) in [6.45, 7) is 2.80. The SMILES string of the molecule is CCCn1ncc(Cl)c1C1(F)CC2CCC(C1)N2. The van der Waals surface area contributed by atoms with E-state index in [1.165, 1.54) is 0 Å². The molecule has 1 aromatic heterocycles. The number of rotatable bonds is 3. The zero-order valence-electron chi connectivity index (χ0n) is 10.6. The van der Waals surface area contributed by atoms with Gasteiger partial charge in [0.2, 0.25) is 0 Å². The Morgan fingerprint density at radius 3 is 2.78 bits per heavy atom. The number of alkyl halides is 1. The molecule has 0 saturated carbocycles. The summed E-state index contributed by atoms with van der Waals surface area (Å²) in [7, 11) is 0. The molecule has 1 aromatic rings. The molecule has 0 aromatic carbocycles. The van der Waals surface area contributed by atoms with E-state index in [9.17, 15) is 0 Å². The molecular weight excluding hydrogens is 253 g/mol. The van der Waals surface area contributed by atoms with Gasteiger partial charge in [-0.25, -0.2) is 4.39 Å². The lowest BCUT2D eigenvalue weighted by atomic mass is 9.86. The minimum atomic E-state index is -1.31. The monoisotopic (exact) mass is 271 g/mol. The van der Waals surface area contributed by atoms with Crippen LogP contribution < -0.4 is 5.32 Å². The molecule has 3 heterocycles. The molecule has 2 unspecified atom stereocenters. The predicted molar refractivity (Wildman–Crippen MR) is 69.5 cm³/mol. The normalized spacial score (nSPS) is 35.1. The van der Waals surface area contributed by atoms with Crippen molar-refractivity contribution < 1.29 is 4.39 Å². The van der Waals surface area contributed by atoms with Gasteiger partial charge in [0, 0.05) is 31.5 Å². The average molecular weight is 272 g/mol. The second kappa shape index (κ2) is 4.49. The Hall–Kier alpha value is -0.610. The van der Waals surface area contributed by atoms with Gasteiger partial charge in [0.05, 0.1) is 16.9 Å².